The molecule has 1 atom stereocenters. The predicted octanol–water partition coefficient (Wildman–Crippen LogP) is 2.92. The molecule has 0 saturated carbocycles. The summed E-state index contributed by atoms with van der Waals surface area (Å²) < 4.78 is 6.22. The van der Waals surface area contributed by atoms with Crippen LogP contribution in [0.1, 0.15) is 31.7 Å². The molecule has 1 aromatic carbocycles. The van der Waals surface area contributed by atoms with Crippen molar-refractivity contribution < 1.29 is 9.53 Å². The van der Waals surface area contributed by atoms with Crippen LogP contribution < -0.4 is 10.1 Å². The fraction of sp³-hybridized carbons (Fsp3) is 0.611. The molecule has 0 bridgehead atoms. The molecule has 23 heavy (non-hydrogen) atoms. The summed E-state index contributed by atoms with van der Waals surface area (Å²) in [6.07, 6.45) is 5.64. The number of rotatable bonds is 8. The molecule has 0 aromatic heterocycles. The van der Waals surface area contributed by atoms with Crippen molar-refractivity contribution in [1.82, 2.24) is 10.2 Å². The molecule has 1 aliphatic rings. The number of carbonyl (C=O) groups is 1. The number of hydrogen-bond donors (Lipinski definition) is 1. The van der Waals surface area contributed by atoms with E-state index in [2.05, 4.69) is 35.3 Å². The van der Waals surface area contributed by atoms with Crippen LogP contribution in [0.25, 0.3) is 0 Å². The van der Waals surface area contributed by atoms with Crippen LogP contribution in [0.15, 0.2) is 24.3 Å². The summed E-state index contributed by atoms with van der Waals surface area (Å²) in [7, 11) is 0. The first-order valence-corrected chi connectivity index (χ1v) is 9.85. The highest BCUT2D eigenvalue weighted by Crippen LogP contribution is 2.26. The summed E-state index contributed by atoms with van der Waals surface area (Å²) >= 11 is 1.55. The minimum Gasteiger partial charge on any atom is -0.489 e. The van der Waals surface area contributed by atoms with Crippen molar-refractivity contribution in [3.63, 3.8) is 0 Å². The van der Waals surface area contributed by atoms with Gasteiger partial charge in [-0.15, -0.1) is 0 Å². The minimum atomic E-state index is 0.117. The maximum absolute atomic E-state index is 11.6. The number of thioether (sulfide) groups is 1. The number of amides is 1. The van der Waals surface area contributed by atoms with E-state index in [1.807, 2.05) is 12.3 Å². The van der Waals surface area contributed by atoms with Gasteiger partial charge in [0.1, 0.15) is 11.9 Å². The van der Waals surface area contributed by atoms with E-state index in [4.69, 9.17) is 4.74 Å². The molecule has 2 rings (SSSR count). The Labute approximate surface area is 144 Å². The number of para-hydroxylation sites is 1. The summed E-state index contributed by atoms with van der Waals surface area (Å²) in [5, 5.41) is 2.99. The van der Waals surface area contributed by atoms with E-state index in [-0.39, 0.29) is 12.0 Å². The Hall–Kier alpha value is -1.20. The van der Waals surface area contributed by atoms with Gasteiger partial charge in [-0.05, 0) is 25.2 Å². The number of carbonyl (C=O) groups excluding carboxylic acids is 1. The van der Waals surface area contributed by atoms with Crippen LogP contribution >= 0.6 is 11.8 Å². The maximum atomic E-state index is 11.6. The minimum absolute atomic E-state index is 0.117. The van der Waals surface area contributed by atoms with E-state index in [0.717, 1.165) is 31.8 Å². The predicted molar refractivity (Wildman–Crippen MR) is 97.1 cm³/mol. The molecular formula is C18H28N2O2S. The molecule has 1 N–H and O–H groups in total. The number of ether oxygens (including phenoxy) is 1. The highest BCUT2D eigenvalue weighted by molar-refractivity contribution is 7.99. The summed E-state index contributed by atoms with van der Waals surface area (Å²) in [5.41, 5.74) is 1.24. The second-order valence-corrected chi connectivity index (χ2v) is 6.87. The van der Waals surface area contributed by atoms with Gasteiger partial charge in [-0.25, -0.2) is 0 Å². The third-order valence-electron chi connectivity index (χ3n) is 4.03. The quantitative estimate of drug-likeness (QED) is 0.792. The SMILES string of the molecule is CCCCC1CN(CCNC(=O)CSC)Cc2ccccc2O1. The molecular weight excluding hydrogens is 308 g/mol. The zero-order chi connectivity index (χ0) is 16.5. The Morgan fingerprint density at radius 3 is 3.04 bits per heavy atom. The third-order valence-corrected chi connectivity index (χ3v) is 4.58. The van der Waals surface area contributed by atoms with Crippen molar-refractivity contribution in [2.45, 2.75) is 38.8 Å². The monoisotopic (exact) mass is 336 g/mol. The molecule has 1 amide bonds. The number of hydrogen-bond acceptors (Lipinski definition) is 4. The zero-order valence-corrected chi connectivity index (χ0v) is 15.0. The molecule has 0 spiro atoms. The van der Waals surface area contributed by atoms with Gasteiger partial charge in [0.15, 0.2) is 0 Å². The lowest BCUT2D eigenvalue weighted by atomic mass is 10.1. The number of fused-ring (bicyclic) bond motifs is 1. The van der Waals surface area contributed by atoms with Gasteiger partial charge in [-0.3, -0.25) is 9.69 Å². The van der Waals surface area contributed by atoms with Crippen LogP contribution in [0.2, 0.25) is 0 Å². The van der Waals surface area contributed by atoms with Gasteiger partial charge in [0.05, 0.1) is 5.75 Å². The third kappa shape index (κ3) is 6.07. The number of nitrogens with one attached hydrogen (secondary N) is 1. The van der Waals surface area contributed by atoms with Crippen molar-refractivity contribution in [3.05, 3.63) is 29.8 Å². The van der Waals surface area contributed by atoms with Gasteiger partial charge in [-0.2, -0.15) is 11.8 Å². The normalized spacial score (nSPS) is 17.9. The van der Waals surface area contributed by atoms with Crippen molar-refractivity contribution >= 4 is 17.7 Å². The van der Waals surface area contributed by atoms with Gasteiger partial charge < -0.3 is 10.1 Å². The van der Waals surface area contributed by atoms with Crippen molar-refractivity contribution in [3.8, 4) is 5.75 Å². The van der Waals surface area contributed by atoms with Crippen LogP contribution in [0.4, 0.5) is 0 Å². The van der Waals surface area contributed by atoms with Crippen LogP contribution in [-0.4, -0.2) is 48.6 Å². The lowest BCUT2D eigenvalue weighted by molar-refractivity contribution is -0.118. The molecule has 1 unspecified atom stereocenters. The summed E-state index contributed by atoms with van der Waals surface area (Å²) in [4.78, 5) is 14.0. The first-order chi connectivity index (χ1) is 11.2. The molecule has 5 heteroatoms. The van der Waals surface area contributed by atoms with Crippen molar-refractivity contribution in [1.29, 1.82) is 0 Å². The largest absolute Gasteiger partial charge is 0.489 e. The van der Waals surface area contributed by atoms with Crippen LogP contribution in [0.5, 0.6) is 5.75 Å². The highest BCUT2D eigenvalue weighted by atomic mass is 32.2. The fourth-order valence-corrected chi connectivity index (χ4v) is 3.21. The second-order valence-electron chi connectivity index (χ2n) is 6.01. The number of unbranched alkanes of at least 4 members (excludes halogenated alkanes) is 1. The van der Waals surface area contributed by atoms with Crippen LogP contribution in [0, 0.1) is 0 Å². The summed E-state index contributed by atoms with van der Waals surface area (Å²) in [6.45, 7) is 5.58. The molecule has 0 fully saturated rings. The number of nitrogens with zero attached hydrogens (tertiary/aromatic N) is 1. The van der Waals surface area contributed by atoms with Gasteiger partial charge in [0.2, 0.25) is 5.91 Å². The molecule has 128 valence electrons. The first kappa shape index (κ1) is 18.1. The Morgan fingerprint density at radius 1 is 1.43 bits per heavy atom. The molecule has 1 heterocycles. The lowest BCUT2D eigenvalue weighted by Gasteiger charge is -2.24. The average Bonchev–Trinajstić information content (AvgIpc) is 2.71. The zero-order valence-electron chi connectivity index (χ0n) is 14.2. The lowest BCUT2D eigenvalue weighted by Crippen LogP contribution is -2.39. The topological polar surface area (TPSA) is 41.6 Å². The van der Waals surface area contributed by atoms with Gasteiger partial charge in [0.25, 0.3) is 0 Å². The number of benzene rings is 1. The molecule has 0 aliphatic carbocycles. The molecule has 0 radical (unpaired) electrons. The molecule has 1 aliphatic heterocycles. The van der Waals surface area contributed by atoms with Crippen LogP contribution in [-0.2, 0) is 11.3 Å². The molecule has 4 nitrogen and oxygen atoms in total. The summed E-state index contributed by atoms with van der Waals surface area (Å²) in [6, 6.07) is 8.30. The van der Waals surface area contributed by atoms with E-state index in [9.17, 15) is 4.79 Å². The van der Waals surface area contributed by atoms with Crippen molar-refractivity contribution in [2.75, 3.05) is 31.6 Å². The Bertz CT molecular complexity index is 496. The summed E-state index contributed by atoms with van der Waals surface area (Å²) in [5.74, 6) is 1.67. The highest BCUT2D eigenvalue weighted by Gasteiger charge is 2.22. The van der Waals surface area contributed by atoms with Gasteiger partial charge in [-0.1, -0.05) is 31.5 Å². The maximum Gasteiger partial charge on any atom is 0.230 e. The van der Waals surface area contributed by atoms with E-state index in [1.165, 1.54) is 18.4 Å². The smallest absolute Gasteiger partial charge is 0.230 e. The van der Waals surface area contributed by atoms with Gasteiger partial charge >= 0.3 is 0 Å². The standard InChI is InChI=1S/C18H28N2O2S/c1-3-4-8-16-13-20(11-10-19-18(21)14-23-2)12-15-7-5-6-9-17(15)22-16/h5-7,9,16H,3-4,8,10-14H2,1-2H3,(H,19,21). The van der Waals surface area contributed by atoms with Crippen LogP contribution in [0.3, 0.4) is 0 Å². The average molecular weight is 337 g/mol. The first-order valence-electron chi connectivity index (χ1n) is 8.45. The van der Waals surface area contributed by atoms with E-state index < -0.39 is 0 Å². The molecule has 1 aromatic rings. The Balaban J connectivity index is 1.94. The molecule has 0 saturated heterocycles. The fourth-order valence-electron chi connectivity index (χ4n) is 2.85. The second kappa shape index (κ2) is 9.83. The van der Waals surface area contributed by atoms with Crippen molar-refractivity contribution in [2.24, 2.45) is 0 Å². The van der Waals surface area contributed by atoms with E-state index in [1.54, 1.807) is 11.8 Å². The Morgan fingerprint density at radius 2 is 2.26 bits per heavy atom. The van der Waals surface area contributed by atoms with E-state index >= 15 is 0 Å². The van der Waals surface area contributed by atoms with Gasteiger partial charge in [0, 0.05) is 31.7 Å². The van der Waals surface area contributed by atoms with E-state index in [0.29, 0.717) is 12.3 Å². The Kier molecular flexibility index (Phi) is 7.76.